The molecule has 1 aliphatic rings. The molecule has 0 radical (unpaired) electrons. The van der Waals surface area contributed by atoms with Crippen LogP contribution in [0.1, 0.15) is 17.4 Å². The van der Waals surface area contributed by atoms with Crippen LogP contribution in [0.5, 0.6) is 0 Å². The van der Waals surface area contributed by atoms with Crippen LogP contribution >= 0.6 is 11.5 Å². The van der Waals surface area contributed by atoms with Gasteiger partial charge in [0.2, 0.25) is 0 Å². The first-order valence-electron chi connectivity index (χ1n) is 6.56. The number of benzene rings is 1. The lowest BCUT2D eigenvalue weighted by molar-refractivity contribution is 0.0979. The van der Waals surface area contributed by atoms with E-state index >= 15 is 0 Å². The van der Waals surface area contributed by atoms with Gasteiger partial charge in [-0.15, -0.1) is 5.10 Å². The molecule has 1 atom stereocenters. The number of aromatic nitrogens is 2. The van der Waals surface area contributed by atoms with Crippen molar-refractivity contribution >= 4 is 28.8 Å². The lowest BCUT2D eigenvalue weighted by Gasteiger charge is -2.23. The van der Waals surface area contributed by atoms with Crippen LogP contribution in [0.2, 0.25) is 0 Å². The number of nitrogens with zero attached hydrogens (tertiary/aromatic N) is 4. The lowest BCUT2D eigenvalue weighted by Crippen LogP contribution is -2.35. The number of para-hydroxylation sites is 2. The maximum atomic E-state index is 12.6. The third-order valence-corrected chi connectivity index (χ3v) is 3.99. The summed E-state index contributed by atoms with van der Waals surface area (Å²) in [5, 5.41) is 5.60. The molecule has 1 aromatic carbocycles. The zero-order valence-electron chi connectivity index (χ0n) is 11.5. The average molecular weight is 288 g/mol. The Labute approximate surface area is 122 Å². The van der Waals surface area contributed by atoms with Crippen LogP contribution in [0.25, 0.3) is 0 Å². The van der Waals surface area contributed by atoms with Crippen LogP contribution in [0.15, 0.2) is 29.6 Å². The Morgan fingerprint density at radius 2 is 2.05 bits per heavy atom. The molecular weight excluding hydrogens is 272 g/mol. The van der Waals surface area contributed by atoms with Crippen LogP contribution < -0.4 is 9.80 Å². The second kappa shape index (κ2) is 5.20. The van der Waals surface area contributed by atoms with E-state index < -0.39 is 0 Å². The number of hydrogen-bond acceptors (Lipinski definition) is 5. The van der Waals surface area contributed by atoms with E-state index in [1.807, 2.05) is 29.2 Å². The molecule has 0 spiro atoms. The normalized spacial score (nSPS) is 18.6. The van der Waals surface area contributed by atoms with Crippen LogP contribution in [0.3, 0.4) is 0 Å². The molecule has 1 aromatic heterocycles. The summed E-state index contributed by atoms with van der Waals surface area (Å²) in [5.41, 5.74) is 2.44. The summed E-state index contributed by atoms with van der Waals surface area (Å²) in [7, 11) is 2.06. The van der Waals surface area contributed by atoms with Gasteiger partial charge in [0, 0.05) is 25.5 Å². The summed E-state index contributed by atoms with van der Waals surface area (Å²) in [6, 6.07) is 8.00. The summed E-state index contributed by atoms with van der Waals surface area (Å²) in [6.07, 6.45) is 0. The Morgan fingerprint density at radius 3 is 2.75 bits per heavy atom. The minimum atomic E-state index is -0.0756. The number of amides is 1. The molecule has 5 nitrogen and oxygen atoms in total. The monoisotopic (exact) mass is 288 g/mol. The molecule has 0 aliphatic carbocycles. The third-order valence-electron chi connectivity index (χ3n) is 3.49. The van der Waals surface area contributed by atoms with Crippen molar-refractivity contribution in [3.8, 4) is 0 Å². The molecule has 0 saturated heterocycles. The molecule has 1 amide bonds. The fourth-order valence-electron chi connectivity index (χ4n) is 2.64. The molecule has 0 N–H and O–H groups in total. The van der Waals surface area contributed by atoms with Crippen LogP contribution in [-0.2, 0) is 0 Å². The molecule has 3 rings (SSSR count). The number of anilines is 2. The average Bonchev–Trinajstić information content (AvgIpc) is 2.94. The zero-order valence-corrected chi connectivity index (χ0v) is 12.3. The molecule has 6 heteroatoms. The summed E-state index contributed by atoms with van der Waals surface area (Å²) >= 11 is 1.20. The minimum absolute atomic E-state index is 0.0756. The number of fused-ring (bicyclic) bond motifs is 1. The van der Waals surface area contributed by atoms with Crippen molar-refractivity contribution in [3.05, 3.63) is 35.3 Å². The van der Waals surface area contributed by atoms with Gasteiger partial charge in [-0.2, -0.15) is 0 Å². The second-order valence-electron chi connectivity index (χ2n) is 5.18. The van der Waals surface area contributed by atoms with Gasteiger partial charge >= 0.3 is 0 Å². The Balaban J connectivity index is 2.05. The molecule has 1 aliphatic heterocycles. The largest absolute Gasteiger partial charge is 0.373 e. The van der Waals surface area contributed by atoms with Gasteiger partial charge < -0.3 is 9.80 Å². The van der Waals surface area contributed by atoms with E-state index in [-0.39, 0.29) is 5.91 Å². The fraction of sp³-hybridized carbons (Fsp3) is 0.357. The molecule has 0 fully saturated rings. The van der Waals surface area contributed by atoms with Crippen molar-refractivity contribution in [2.75, 3.05) is 29.9 Å². The van der Waals surface area contributed by atoms with Gasteiger partial charge in [-0.3, -0.25) is 4.79 Å². The number of carbonyl (C=O) groups excluding carboxylic acids is 1. The van der Waals surface area contributed by atoms with Gasteiger partial charge in [0.05, 0.1) is 11.4 Å². The number of rotatable bonds is 1. The summed E-state index contributed by atoms with van der Waals surface area (Å²) in [4.78, 5) is 16.7. The lowest BCUT2D eigenvalue weighted by atomic mass is 10.1. The number of carbonyl (C=O) groups is 1. The summed E-state index contributed by atoms with van der Waals surface area (Å²) in [6.45, 7) is 3.77. The SMILES string of the molecule is CC1CN(C)c2ccccc2N(C(=O)c2csnn2)C1. The van der Waals surface area contributed by atoms with Crippen molar-refractivity contribution in [3.63, 3.8) is 0 Å². The Kier molecular flexibility index (Phi) is 3.40. The maximum Gasteiger partial charge on any atom is 0.279 e. The van der Waals surface area contributed by atoms with E-state index in [0.29, 0.717) is 18.2 Å². The Morgan fingerprint density at radius 1 is 1.30 bits per heavy atom. The third kappa shape index (κ3) is 2.27. The summed E-state index contributed by atoms with van der Waals surface area (Å²) < 4.78 is 3.79. The standard InChI is InChI=1S/C14H16N4OS/c1-10-7-17(2)12-5-3-4-6-13(12)18(8-10)14(19)11-9-20-16-15-11/h3-6,9-10H,7-8H2,1-2H3. The predicted octanol–water partition coefficient (Wildman–Crippen LogP) is 2.27. The van der Waals surface area contributed by atoms with E-state index in [9.17, 15) is 4.79 Å². The molecule has 2 aromatic rings. The fourth-order valence-corrected chi connectivity index (χ4v) is 3.07. The van der Waals surface area contributed by atoms with Gasteiger partial charge in [-0.25, -0.2) is 0 Å². The van der Waals surface area contributed by atoms with E-state index in [2.05, 4.69) is 28.5 Å². The van der Waals surface area contributed by atoms with E-state index in [1.54, 1.807) is 5.38 Å². The smallest absolute Gasteiger partial charge is 0.279 e. The molecule has 0 bridgehead atoms. The molecule has 1 unspecified atom stereocenters. The molecule has 0 saturated carbocycles. The van der Waals surface area contributed by atoms with Crippen molar-refractivity contribution < 1.29 is 4.79 Å². The molecular formula is C14H16N4OS. The highest BCUT2D eigenvalue weighted by atomic mass is 32.1. The Hall–Kier alpha value is -1.95. The second-order valence-corrected chi connectivity index (χ2v) is 5.79. The van der Waals surface area contributed by atoms with Gasteiger partial charge in [-0.1, -0.05) is 23.5 Å². The first-order valence-corrected chi connectivity index (χ1v) is 7.39. The first-order chi connectivity index (χ1) is 9.66. The zero-order chi connectivity index (χ0) is 14.1. The number of hydrogen-bond donors (Lipinski definition) is 0. The predicted molar refractivity (Wildman–Crippen MR) is 80.5 cm³/mol. The van der Waals surface area contributed by atoms with E-state index in [1.165, 1.54) is 11.5 Å². The quantitative estimate of drug-likeness (QED) is 0.807. The highest BCUT2D eigenvalue weighted by Gasteiger charge is 2.28. The molecule has 104 valence electrons. The van der Waals surface area contributed by atoms with Crippen molar-refractivity contribution in [1.82, 2.24) is 9.59 Å². The molecule has 2 heterocycles. The van der Waals surface area contributed by atoms with Crippen molar-refractivity contribution in [1.29, 1.82) is 0 Å². The van der Waals surface area contributed by atoms with Crippen molar-refractivity contribution in [2.24, 2.45) is 5.92 Å². The van der Waals surface area contributed by atoms with Crippen LogP contribution in [0, 0.1) is 5.92 Å². The Bertz CT molecular complexity index is 613. The van der Waals surface area contributed by atoms with Gasteiger partial charge in [0.15, 0.2) is 5.69 Å². The first kappa shape index (κ1) is 13.1. The topological polar surface area (TPSA) is 49.3 Å². The van der Waals surface area contributed by atoms with Crippen LogP contribution in [-0.4, -0.2) is 35.6 Å². The van der Waals surface area contributed by atoms with Gasteiger partial charge in [0.1, 0.15) is 0 Å². The summed E-state index contributed by atoms with van der Waals surface area (Å²) in [5.74, 6) is 0.316. The van der Waals surface area contributed by atoms with Gasteiger partial charge in [0.25, 0.3) is 5.91 Å². The van der Waals surface area contributed by atoms with E-state index in [0.717, 1.165) is 17.9 Å². The molecule has 20 heavy (non-hydrogen) atoms. The highest BCUT2D eigenvalue weighted by Crippen LogP contribution is 2.33. The van der Waals surface area contributed by atoms with Crippen molar-refractivity contribution in [2.45, 2.75) is 6.92 Å². The van der Waals surface area contributed by atoms with Gasteiger partial charge in [-0.05, 0) is 29.6 Å². The highest BCUT2D eigenvalue weighted by molar-refractivity contribution is 7.03. The maximum absolute atomic E-state index is 12.6. The van der Waals surface area contributed by atoms with Crippen LogP contribution in [0.4, 0.5) is 11.4 Å². The van der Waals surface area contributed by atoms with E-state index in [4.69, 9.17) is 0 Å². The minimum Gasteiger partial charge on any atom is -0.373 e.